The summed E-state index contributed by atoms with van der Waals surface area (Å²) < 4.78 is 44.4. The van der Waals surface area contributed by atoms with Gasteiger partial charge in [-0.05, 0) is 43.0 Å². The van der Waals surface area contributed by atoms with Crippen molar-refractivity contribution in [1.82, 2.24) is 14.9 Å². The Labute approximate surface area is 162 Å². The highest BCUT2D eigenvalue weighted by Crippen LogP contribution is 2.36. The number of anilines is 1. The van der Waals surface area contributed by atoms with Gasteiger partial charge >= 0.3 is 6.18 Å². The maximum atomic E-state index is 13.1. The quantitative estimate of drug-likeness (QED) is 0.749. The second kappa shape index (κ2) is 7.58. The van der Waals surface area contributed by atoms with E-state index in [1.54, 1.807) is 7.11 Å². The largest absolute Gasteiger partial charge is 0.497 e. The monoisotopic (exact) mass is 392 g/mol. The first-order chi connectivity index (χ1) is 13.4. The van der Waals surface area contributed by atoms with E-state index in [2.05, 4.69) is 14.9 Å². The molecular formula is C20H23F3N4O. The fourth-order valence-corrected chi connectivity index (χ4v) is 3.78. The van der Waals surface area contributed by atoms with Gasteiger partial charge in [-0.1, -0.05) is 12.1 Å². The molecule has 1 aromatic heterocycles. The van der Waals surface area contributed by atoms with E-state index in [1.165, 1.54) is 11.8 Å². The summed E-state index contributed by atoms with van der Waals surface area (Å²) in [6, 6.07) is 9.27. The molecule has 150 valence electrons. The Morgan fingerprint density at radius 3 is 2.50 bits per heavy atom. The zero-order valence-corrected chi connectivity index (χ0v) is 15.7. The third kappa shape index (κ3) is 4.22. The van der Waals surface area contributed by atoms with Gasteiger partial charge in [0.2, 0.25) is 5.95 Å². The molecule has 1 saturated heterocycles. The van der Waals surface area contributed by atoms with Crippen LogP contribution in [0.5, 0.6) is 5.75 Å². The van der Waals surface area contributed by atoms with Gasteiger partial charge in [-0.3, -0.25) is 4.90 Å². The smallest absolute Gasteiger partial charge is 0.433 e. The molecule has 1 unspecified atom stereocenters. The number of ether oxygens (including phenoxy) is 1. The standard InChI is InChI=1S/C20H23F3N4O/c1-28-17-6-2-14(3-7-17)12-26-11-9-16(13-26)27(15-4-5-15)19-24-10-8-18(25-19)20(21,22)23/h2-3,6-8,10,15-16H,4-5,9,11-13H2,1H3. The van der Waals surface area contributed by atoms with Crippen LogP contribution < -0.4 is 9.64 Å². The average molecular weight is 392 g/mol. The predicted molar refractivity (Wildman–Crippen MR) is 99.2 cm³/mol. The van der Waals surface area contributed by atoms with Crippen LogP contribution in [0.2, 0.25) is 0 Å². The third-order valence-electron chi connectivity index (χ3n) is 5.31. The molecule has 5 nitrogen and oxygen atoms in total. The number of benzene rings is 1. The first kappa shape index (κ1) is 19.0. The van der Waals surface area contributed by atoms with E-state index in [4.69, 9.17) is 4.74 Å². The van der Waals surface area contributed by atoms with Crippen LogP contribution in [0.3, 0.4) is 0 Å². The van der Waals surface area contributed by atoms with Gasteiger partial charge in [-0.15, -0.1) is 0 Å². The van der Waals surface area contributed by atoms with Crippen molar-refractivity contribution in [3.63, 3.8) is 0 Å². The molecule has 0 amide bonds. The van der Waals surface area contributed by atoms with Crippen molar-refractivity contribution < 1.29 is 17.9 Å². The molecule has 2 heterocycles. The molecule has 28 heavy (non-hydrogen) atoms. The van der Waals surface area contributed by atoms with Crippen LogP contribution in [0, 0.1) is 0 Å². The van der Waals surface area contributed by atoms with Gasteiger partial charge < -0.3 is 9.64 Å². The minimum atomic E-state index is -4.46. The lowest BCUT2D eigenvalue weighted by molar-refractivity contribution is -0.141. The second-order valence-corrected chi connectivity index (χ2v) is 7.40. The van der Waals surface area contributed by atoms with Crippen molar-refractivity contribution in [2.75, 3.05) is 25.1 Å². The van der Waals surface area contributed by atoms with Crippen molar-refractivity contribution in [3.8, 4) is 5.75 Å². The van der Waals surface area contributed by atoms with Crippen LogP contribution in [0.15, 0.2) is 36.5 Å². The van der Waals surface area contributed by atoms with Gasteiger partial charge in [-0.25, -0.2) is 9.97 Å². The van der Waals surface area contributed by atoms with E-state index in [0.717, 1.165) is 50.7 Å². The molecular weight excluding hydrogens is 369 g/mol. The molecule has 1 atom stereocenters. The molecule has 0 N–H and O–H groups in total. The minimum Gasteiger partial charge on any atom is -0.497 e. The molecule has 1 aromatic carbocycles. The van der Waals surface area contributed by atoms with Gasteiger partial charge in [0, 0.05) is 37.9 Å². The van der Waals surface area contributed by atoms with Crippen LogP contribution in [-0.2, 0) is 12.7 Å². The van der Waals surface area contributed by atoms with Crippen molar-refractivity contribution in [2.45, 2.75) is 44.1 Å². The molecule has 1 saturated carbocycles. The number of hydrogen-bond donors (Lipinski definition) is 0. The van der Waals surface area contributed by atoms with E-state index < -0.39 is 11.9 Å². The lowest BCUT2D eigenvalue weighted by Crippen LogP contribution is -2.40. The van der Waals surface area contributed by atoms with Gasteiger partial charge in [0.25, 0.3) is 0 Å². The van der Waals surface area contributed by atoms with E-state index in [0.29, 0.717) is 0 Å². The van der Waals surface area contributed by atoms with E-state index in [9.17, 15) is 13.2 Å². The van der Waals surface area contributed by atoms with E-state index in [1.807, 2.05) is 29.2 Å². The number of likely N-dealkylation sites (tertiary alicyclic amines) is 1. The highest BCUT2D eigenvalue weighted by atomic mass is 19.4. The number of nitrogens with zero attached hydrogens (tertiary/aromatic N) is 4. The Kier molecular flexibility index (Phi) is 5.14. The van der Waals surface area contributed by atoms with Gasteiger partial charge in [-0.2, -0.15) is 13.2 Å². The third-order valence-corrected chi connectivity index (χ3v) is 5.31. The molecule has 1 aliphatic heterocycles. The number of alkyl halides is 3. The molecule has 2 aliphatic rings. The number of aromatic nitrogens is 2. The number of methoxy groups -OCH3 is 1. The van der Waals surface area contributed by atoms with Crippen LogP contribution in [0.4, 0.5) is 19.1 Å². The molecule has 0 radical (unpaired) electrons. The van der Waals surface area contributed by atoms with Crippen LogP contribution in [0.1, 0.15) is 30.5 Å². The minimum absolute atomic E-state index is 0.134. The van der Waals surface area contributed by atoms with Crippen molar-refractivity contribution >= 4 is 5.95 Å². The summed E-state index contributed by atoms with van der Waals surface area (Å²) in [4.78, 5) is 12.4. The zero-order valence-electron chi connectivity index (χ0n) is 15.7. The Balaban J connectivity index is 1.46. The first-order valence-corrected chi connectivity index (χ1v) is 9.48. The zero-order chi connectivity index (χ0) is 19.7. The van der Waals surface area contributed by atoms with Gasteiger partial charge in [0.15, 0.2) is 0 Å². The number of hydrogen-bond acceptors (Lipinski definition) is 5. The highest BCUT2D eigenvalue weighted by Gasteiger charge is 2.40. The molecule has 8 heteroatoms. The summed E-state index contributed by atoms with van der Waals surface area (Å²) in [5.74, 6) is 1.03. The topological polar surface area (TPSA) is 41.5 Å². The fourth-order valence-electron chi connectivity index (χ4n) is 3.78. The number of halogens is 3. The fraction of sp³-hybridized carbons (Fsp3) is 0.500. The van der Waals surface area contributed by atoms with E-state index in [-0.39, 0.29) is 18.0 Å². The molecule has 0 spiro atoms. The Morgan fingerprint density at radius 2 is 1.86 bits per heavy atom. The summed E-state index contributed by atoms with van der Waals surface area (Å²) in [5, 5.41) is 0. The molecule has 4 rings (SSSR count). The lowest BCUT2D eigenvalue weighted by Gasteiger charge is -2.29. The average Bonchev–Trinajstić information content (AvgIpc) is 3.41. The lowest BCUT2D eigenvalue weighted by atomic mass is 10.2. The second-order valence-electron chi connectivity index (χ2n) is 7.40. The van der Waals surface area contributed by atoms with Crippen LogP contribution in [0.25, 0.3) is 0 Å². The Hall–Kier alpha value is -2.35. The normalized spacial score (nSPS) is 20.4. The molecule has 2 fully saturated rings. The maximum Gasteiger partial charge on any atom is 0.433 e. The summed E-state index contributed by atoms with van der Waals surface area (Å²) >= 11 is 0. The van der Waals surface area contributed by atoms with Crippen LogP contribution in [-0.4, -0.2) is 47.2 Å². The van der Waals surface area contributed by atoms with Crippen molar-refractivity contribution in [2.24, 2.45) is 0 Å². The summed E-state index contributed by atoms with van der Waals surface area (Å²) in [6.07, 6.45) is -0.386. The molecule has 0 bridgehead atoms. The Morgan fingerprint density at radius 1 is 1.11 bits per heavy atom. The number of rotatable bonds is 6. The Bertz CT molecular complexity index is 808. The SMILES string of the molecule is COc1ccc(CN2CCC(N(c3nccc(C(F)(F)F)n3)C3CC3)C2)cc1. The summed E-state index contributed by atoms with van der Waals surface area (Å²) in [7, 11) is 1.64. The van der Waals surface area contributed by atoms with Gasteiger partial charge in [0.1, 0.15) is 11.4 Å². The summed E-state index contributed by atoms with van der Waals surface area (Å²) in [5.41, 5.74) is 0.311. The van der Waals surface area contributed by atoms with E-state index >= 15 is 0 Å². The van der Waals surface area contributed by atoms with Crippen molar-refractivity contribution in [1.29, 1.82) is 0 Å². The first-order valence-electron chi connectivity index (χ1n) is 9.48. The highest BCUT2D eigenvalue weighted by molar-refractivity contribution is 5.38. The summed E-state index contributed by atoms with van der Waals surface area (Å²) in [6.45, 7) is 2.50. The molecule has 2 aromatic rings. The van der Waals surface area contributed by atoms with Crippen LogP contribution >= 0.6 is 0 Å². The predicted octanol–water partition coefficient (Wildman–Crippen LogP) is 3.75. The van der Waals surface area contributed by atoms with Crippen molar-refractivity contribution in [3.05, 3.63) is 47.8 Å². The molecule has 1 aliphatic carbocycles. The van der Waals surface area contributed by atoms with Gasteiger partial charge in [0.05, 0.1) is 7.11 Å². The maximum absolute atomic E-state index is 13.1.